The lowest BCUT2D eigenvalue weighted by Crippen LogP contribution is -2.30. The van der Waals surface area contributed by atoms with Crippen molar-refractivity contribution in [2.75, 3.05) is 26.2 Å². The van der Waals surface area contributed by atoms with Crippen molar-refractivity contribution in [2.24, 2.45) is 0 Å². The summed E-state index contributed by atoms with van der Waals surface area (Å²) in [6.07, 6.45) is 4.27. The fourth-order valence-corrected chi connectivity index (χ4v) is 2.79. The molecular formula is C17H21FN4. The second-order valence-electron chi connectivity index (χ2n) is 5.69. The molecule has 0 atom stereocenters. The Morgan fingerprint density at radius 1 is 0.864 bits per heavy atom. The van der Waals surface area contributed by atoms with Gasteiger partial charge in [0.1, 0.15) is 5.82 Å². The zero-order chi connectivity index (χ0) is 15.2. The Morgan fingerprint density at radius 3 is 2.18 bits per heavy atom. The van der Waals surface area contributed by atoms with Gasteiger partial charge in [0.25, 0.3) is 0 Å². The molecule has 1 aliphatic heterocycles. The summed E-state index contributed by atoms with van der Waals surface area (Å²) in [5.74, 6) is -0.277. The number of halogens is 1. The molecule has 22 heavy (non-hydrogen) atoms. The van der Waals surface area contributed by atoms with E-state index in [1.165, 1.54) is 12.3 Å². The molecule has 0 radical (unpaired) electrons. The average Bonchev–Trinajstić information content (AvgIpc) is 2.76. The van der Waals surface area contributed by atoms with Gasteiger partial charge in [0.05, 0.1) is 17.6 Å². The van der Waals surface area contributed by atoms with Gasteiger partial charge in [0.15, 0.2) is 0 Å². The molecule has 0 aliphatic carbocycles. The van der Waals surface area contributed by atoms with E-state index in [2.05, 4.69) is 25.8 Å². The standard InChI is InChI=1S/C17H21FN4/c18-15-5-6-17(20-12-15)14-22-9-3-8-21(10-11-22)13-16-4-1-2-7-19-16/h1-2,4-7,12H,3,8-11,13-14H2. The molecule has 1 fully saturated rings. The van der Waals surface area contributed by atoms with Crippen molar-refractivity contribution in [1.82, 2.24) is 19.8 Å². The monoisotopic (exact) mass is 300 g/mol. The van der Waals surface area contributed by atoms with Gasteiger partial charge in [-0.15, -0.1) is 0 Å². The molecular weight excluding hydrogens is 279 g/mol. The molecule has 0 aromatic carbocycles. The maximum atomic E-state index is 12.9. The molecule has 1 aliphatic rings. The van der Waals surface area contributed by atoms with Crippen molar-refractivity contribution in [1.29, 1.82) is 0 Å². The van der Waals surface area contributed by atoms with Gasteiger partial charge in [-0.2, -0.15) is 0 Å². The van der Waals surface area contributed by atoms with Crippen LogP contribution in [0.1, 0.15) is 17.8 Å². The number of hydrogen-bond donors (Lipinski definition) is 0. The van der Waals surface area contributed by atoms with E-state index in [0.717, 1.165) is 57.1 Å². The first kappa shape index (κ1) is 15.1. The molecule has 0 amide bonds. The number of pyridine rings is 2. The third kappa shape index (κ3) is 4.32. The van der Waals surface area contributed by atoms with Crippen LogP contribution in [0, 0.1) is 5.82 Å². The van der Waals surface area contributed by atoms with Crippen LogP contribution in [0.5, 0.6) is 0 Å². The van der Waals surface area contributed by atoms with E-state index in [-0.39, 0.29) is 5.82 Å². The van der Waals surface area contributed by atoms with Crippen LogP contribution in [-0.4, -0.2) is 45.9 Å². The van der Waals surface area contributed by atoms with E-state index in [1.54, 1.807) is 6.07 Å². The summed E-state index contributed by atoms with van der Waals surface area (Å²) in [7, 11) is 0. The molecule has 0 bridgehead atoms. The fourth-order valence-electron chi connectivity index (χ4n) is 2.79. The largest absolute Gasteiger partial charge is 0.296 e. The number of rotatable bonds is 4. The van der Waals surface area contributed by atoms with E-state index < -0.39 is 0 Å². The second kappa shape index (κ2) is 7.42. The van der Waals surface area contributed by atoms with E-state index >= 15 is 0 Å². The SMILES string of the molecule is Fc1ccc(CN2CCCN(Cc3ccccn3)CC2)nc1. The minimum absolute atomic E-state index is 0.277. The normalized spacial score (nSPS) is 17.3. The highest BCUT2D eigenvalue weighted by Gasteiger charge is 2.15. The third-order valence-corrected chi connectivity index (χ3v) is 3.97. The first-order chi connectivity index (χ1) is 10.8. The van der Waals surface area contributed by atoms with Gasteiger partial charge in [-0.1, -0.05) is 6.07 Å². The van der Waals surface area contributed by atoms with Gasteiger partial charge in [0.2, 0.25) is 0 Å². The van der Waals surface area contributed by atoms with Crippen LogP contribution < -0.4 is 0 Å². The zero-order valence-corrected chi connectivity index (χ0v) is 12.7. The highest BCUT2D eigenvalue weighted by molar-refractivity contribution is 5.05. The number of nitrogens with zero attached hydrogens (tertiary/aromatic N) is 4. The topological polar surface area (TPSA) is 32.3 Å². The Labute approximate surface area is 130 Å². The van der Waals surface area contributed by atoms with Crippen LogP contribution in [-0.2, 0) is 13.1 Å². The summed E-state index contributed by atoms with van der Waals surface area (Å²) < 4.78 is 12.9. The third-order valence-electron chi connectivity index (χ3n) is 3.97. The first-order valence-electron chi connectivity index (χ1n) is 7.75. The summed E-state index contributed by atoms with van der Waals surface area (Å²) in [5, 5.41) is 0. The predicted molar refractivity (Wildman–Crippen MR) is 83.6 cm³/mol. The first-order valence-corrected chi connectivity index (χ1v) is 7.75. The minimum atomic E-state index is -0.277. The molecule has 3 rings (SSSR count). The van der Waals surface area contributed by atoms with Gasteiger partial charge >= 0.3 is 0 Å². The summed E-state index contributed by atoms with van der Waals surface area (Å²) in [6.45, 7) is 5.87. The second-order valence-corrected chi connectivity index (χ2v) is 5.69. The summed E-state index contributed by atoms with van der Waals surface area (Å²) in [4.78, 5) is 13.4. The molecule has 4 nitrogen and oxygen atoms in total. The highest BCUT2D eigenvalue weighted by atomic mass is 19.1. The maximum absolute atomic E-state index is 12.9. The Balaban J connectivity index is 1.52. The Kier molecular flexibility index (Phi) is 5.08. The van der Waals surface area contributed by atoms with Crippen molar-refractivity contribution in [3.05, 3.63) is 59.9 Å². The summed E-state index contributed by atoms with van der Waals surface area (Å²) >= 11 is 0. The Bertz CT molecular complexity index is 573. The van der Waals surface area contributed by atoms with Crippen molar-refractivity contribution >= 4 is 0 Å². The van der Waals surface area contributed by atoms with E-state index in [0.29, 0.717) is 0 Å². The summed E-state index contributed by atoms with van der Waals surface area (Å²) in [5.41, 5.74) is 2.05. The molecule has 0 N–H and O–H groups in total. The predicted octanol–water partition coefficient (Wildman–Crippen LogP) is 2.32. The minimum Gasteiger partial charge on any atom is -0.296 e. The van der Waals surface area contributed by atoms with Crippen LogP contribution >= 0.6 is 0 Å². The molecule has 2 aromatic rings. The highest BCUT2D eigenvalue weighted by Crippen LogP contribution is 2.10. The van der Waals surface area contributed by atoms with Crippen molar-refractivity contribution in [2.45, 2.75) is 19.5 Å². The lowest BCUT2D eigenvalue weighted by atomic mass is 10.3. The average molecular weight is 300 g/mol. The van der Waals surface area contributed by atoms with Gasteiger partial charge in [-0.25, -0.2) is 4.39 Å². The van der Waals surface area contributed by atoms with Gasteiger partial charge in [0, 0.05) is 32.4 Å². The molecule has 116 valence electrons. The summed E-state index contributed by atoms with van der Waals surface area (Å²) in [6, 6.07) is 9.31. The molecule has 5 heteroatoms. The lowest BCUT2D eigenvalue weighted by molar-refractivity contribution is 0.244. The molecule has 2 aromatic heterocycles. The van der Waals surface area contributed by atoms with Crippen LogP contribution in [0.15, 0.2) is 42.7 Å². The van der Waals surface area contributed by atoms with E-state index in [4.69, 9.17) is 0 Å². The van der Waals surface area contributed by atoms with E-state index in [1.807, 2.05) is 18.3 Å². The maximum Gasteiger partial charge on any atom is 0.141 e. The Morgan fingerprint density at radius 2 is 1.59 bits per heavy atom. The van der Waals surface area contributed by atoms with Crippen LogP contribution in [0.4, 0.5) is 4.39 Å². The van der Waals surface area contributed by atoms with Crippen molar-refractivity contribution in [3.63, 3.8) is 0 Å². The lowest BCUT2D eigenvalue weighted by Gasteiger charge is -2.21. The molecule has 3 heterocycles. The van der Waals surface area contributed by atoms with Crippen molar-refractivity contribution < 1.29 is 4.39 Å². The zero-order valence-electron chi connectivity index (χ0n) is 12.7. The van der Waals surface area contributed by atoms with Crippen LogP contribution in [0.3, 0.4) is 0 Å². The van der Waals surface area contributed by atoms with Gasteiger partial charge in [-0.3, -0.25) is 19.8 Å². The van der Waals surface area contributed by atoms with Gasteiger partial charge < -0.3 is 0 Å². The van der Waals surface area contributed by atoms with E-state index in [9.17, 15) is 4.39 Å². The molecule has 1 saturated heterocycles. The molecule has 0 unspecified atom stereocenters. The smallest absolute Gasteiger partial charge is 0.141 e. The Hall–Kier alpha value is -1.85. The van der Waals surface area contributed by atoms with Crippen LogP contribution in [0.2, 0.25) is 0 Å². The molecule has 0 saturated carbocycles. The quantitative estimate of drug-likeness (QED) is 0.867. The number of hydrogen-bond acceptors (Lipinski definition) is 4. The van der Waals surface area contributed by atoms with Crippen molar-refractivity contribution in [3.8, 4) is 0 Å². The van der Waals surface area contributed by atoms with Gasteiger partial charge in [-0.05, 0) is 43.8 Å². The van der Waals surface area contributed by atoms with Crippen LogP contribution in [0.25, 0.3) is 0 Å². The fraction of sp³-hybridized carbons (Fsp3) is 0.412. The molecule has 0 spiro atoms. The number of aromatic nitrogens is 2.